The van der Waals surface area contributed by atoms with Crippen molar-refractivity contribution in [2.75, 3.05) is 24.1 Å². The van der Waals surface area contributed by atoms with Gasteiger partial charge in [-0.2, -0.15) is 16.1 Å². The van der Waals surface area contributed by atoms with Gasteiger partial charge in [-0.3, -0.25) is 0 Å². The maximum atomic E-state index is 11.5. The van der Waals surface area contributed by atoms with E-state index in [1.807, 2.05) is 11.8 Å². The molecule has 0 amide bonds. The molecule has 3 nitrogen and oxygen atoms in total. The molecular formula is C8H16ClNO2S2. The van der Waals surface area contributed by atoms with E-state index < -0.39 is 10.0 Å². The number of halogens is 1. The zero-order valence-corrected chi connectivity index (χ0v) is 10.8. The second-order valence-electron chi connectivity index (χ2n) is 3.73. The first kappa shape index (κ1) is 12.6. The van der Waals surface area contributed by atoms with Gasteiger partial charge in [-0.05, 0) is 5.92 Å². The van der Waals surface area contributed by atoms with Gasteiger partial charge in [-0.1, -0.05) is 13.8 Å². The predicted molar refractivity (Wildman–Crippen MR) is 62.3 cm³/mol. The maximum absolute atomic E-state index is 11.5. The van der Waals surface area contributed by atoms with E-state index in [1.165, 1.54) is 4.31 Å². The minimum Gasteiger partial charge on any atom is -0.211 e. The number of sulfonamides is 1. The van der Waals surface area contributed by atoms with Crippen molar-refractivity contribution in [2.24, 2.45) is 5.92 Å². The summed E-state index contributed by atoms with van der Waals surface area (Å²) in [5.41, 5.74) is 0. The third-order valence-electron chi connectivity index (χ3n) is 2.33. The predicted octanol–water partition coefficient (Wildman–Crippen LogP) is 1.59. The Hall–Kier alpha value is 0.550. The monoisotopic (exact) mass is 257 g/mol. The lowest BCUT2D eigenvalue weighted by atomic mass is 10.1. The van der Waals surface area contributed by atoms with E-state index in [-0.39, 0.29) is 5.21 Å². The molecule has 1 rings (SSSR count). The Morgan fingerprint density at radius 3 is 2.71 bits per heavy atom. The van der Waals surface area contributed by atoms with Crippen LogP contribution < -0.4 is 0 Å². The SMILES string of the molecule is CC(C)C1CN(S(=O)(=O)CCl)CCS1. The van der Waals surface area contributed by atoms with Crippen LogP contribution in [-0.2, 0) is 10.0 Å². The Bertz CT molecular complexity index is 279. The van der Waals surface area contributed by atoms with E-state index in [2.05, 4.69) is 13.8 Å². The van der Waals surface area contributed by atoms with Gasteiger partial charge in [0.05, 0.1) is 0 Å². The van der Waals surface area contributed by atoms with Crippen molar-refractivity contribution >= 4 is 33.4 Å². The highest BCUT2D eigenvalue weighted by Crippen LogP contribution is 2.26. The van der Waals surface area contributed by atoms with Gasteiger partial charge in [0.15, 0.2) is 0 Å². The molecule has 0 N–H and O–H groups in total. The summed E-state index contributed by atoms with van der Waals surface area (Å²) in [6.07, 6.45) is 0. The second kappa shape index (κ2) is 5.05. The highest BCUT2D eigenvalue weighted by molar-refractivity contribution is 8.00. The zero-order chi connectivity index (χ0) is 10.8. The van der Waals surface area contributed by atoms with E-state index in [9.17, 15) is 8.42 Å². The van der Waals surface area contributed by atoms with Gasteiger partial charge in [0.25, 0.3) is 0 Å². The molecule has 14 heavy (non-hydrogen) atoms. The Morgan fingerprint density at radius 2 is 2.21 bits per heavy atom. The summed E-state index contributed by atoms with van der Waals surface area (Å²) < 4.78 is 24.5. The molecule has 0 bridgehead atoms. The number of thioether (sulfide) groups is 1. The van der Waals surface area contributed by atoms with E-state index in [0.29, 0.717) is 24.3 Å². The van der Waals surface area contributed by atoms with Crippen molar-refractivity contribution < 1.29 is 8.42 Å². The highest BCUT2D eigenvalue weighted by Gasteiger charge is 2.29. The molecule has 1 heterocycles. The van der Waals surface area contributed by atoms with Gasteiger partial charge in [0.2, 0.25) is 10.0 Å². The quantitative estimate of drug-likeness (QED) is 0.721. The lowest BCUT2D eigenvalue weighted by molar-refractivity contribution is 0.394. The van der Waals surface area contributed by atoms with Gasteiger partial charge in [-0.25, -0.2) is 8.42 Å². The number of hydrogen-bond donors (Lipinski definition) is 0. The smallest absolute Gasteiger partial charge is 0.211 e. The molecule has 0 saturated carbocycles. The van der Waals surface area contributed by atoms with E-state index in [1.54, 1.807) is 0 Å². The van der Waals surface area contributed by atoms with Crippen LogP contribution in [0.2, 0.25) is 0 Å². The molecule has 1 fully saturated rings. The lowest BCUT2D eigenvalue weighted by Gasteiger charge is -2.32. The molecule has 1 saturated heterocycles. The Labute approximate surface area is 95.2 Å². The second-order valence-corrected chi connectivity index (χ2v) is 7.63. The number of rotatable bonds is 3. The molecule has 0 aromatic heterocycles. The summed E-state index contributed by atoms with van der Waals surface area (Å²) >= 11 is 7.27. The molecule has 6 heteroatoms. The van der Waals surface area contributed by atoms with Crippen molar-refractivity contribution in [1.29, 1.82) is 0 Å². The standard InChI is InChI=1S/C8H16ClNO2S2/c1-7(2)8-5-10(3-4-13-8)14(11,12)6-9/h7-8H,3-6H2,1-2H3. The van der Waals surface area contributed by atoms with Gasteiger partial charge in [-0.15, -0.1) is 11.6 Å². The average molecular weight is 258 g/mol. The summed E-state index contributed by atoms with van der Waals surface area (Å²) in [5.74, 6) is 1.38. The first-order valence-corrected chi connectivity index (χ1v) is 7.82. The van der Waals surface area contributed by atoms with Crippen LogP contribution in [-0.4, -0.2) is 42.0 Å². The van der Waals surface area contributed by atoms with E-state index >= 15 is 0 Å². The van der Waals surface area contributed by atoms with Crippen molar-refractivity contribution in [2.45, 2.75) is 19.1 Å². The van der Waals surface area contributed by atoms with Crippen molar-refractivity contribution in [3.8, 4) is 0 Å². The molecule has 0 radical (unpaired) electrons. The molecule has 0 aromatic carbocycles. The summed E-state index contributed by atoms with van der Waals surface area (Å²) in [5, 5.41) is 0.101. The first-order valence-electron chi connectivity index (χ1n) is 4.62. The third kappa shape index (κ3) is 3.02. The summed E-state index contributed by atoms with van der Waals surface area (Å²) in [6, 6.07) is 0. The van der Waals surface area contributed by atoms with Crippen LogP contribution >= 0.6 is 23.4 Å². The molecule has 84 valence electrons. The van der Waals surface area contributed by atoms with Crippen LogP contribution in [0.4, 0.5) is 0 Å². The van der Waals surface area contributed by atoms with Gasteiger partial charge in [0, 0.05) is 24.1 Å². The van der Waals surface area contributed by atoms with E-state index in [0.717, 1.165) is 5.75 Å². The Balaban J connectivity index is 2.65. The van der Waals surface area contributed by atoms with Crippen molar-refractivity contribution in [1.82, 2.24) is 4.31 Å². The molecule has 1 aliphatic rings. The van der Waals surface area contributed by atoms with Crippen LogP contribution in [0.5, 0.6) is 0 Å². The Kier molecular flexibility index (Phi) is 4.56. The topological polar surface area (TPSA) is 37.4 Å². The van der Waals surface area contributed by atoms with Crippen LogP contribution in [0, 0.1) is 5.92 Å². The van der Waals surface area contributed by atoms with Crippen LogP contribution in [0.1, 0.15) is 13.8 Å². The third-order valence-corrected chi connectivity index (χ3v) is 6.09. The highest BCUT2D eigenvalue weighted by atomic mass is 35.5. The van der Waals surface area contributed by atoms with Crippen LogP contribution in [0.15, 0.2) is 0 Å². The summed E-state index contributed by atoms with van der Waals surface area (Å²) in [7, 11) is -3.20. The number of nitrogens with zero attached hydrogens (tertiary/aromatic N) is 1. The fraction of sp³-hybridized carbons (Fsp3) is 1.00. The number of hydrogen-bond acceptors (Lipinski definition) is 3. The fourth-order valence-electron chi connectivity index (χ4n) is 1.38. The van der Waals surface area contributed by atoms with Gasteiger partial charge < -0.3 is 0 Å². The normalized spacial score (nSPS) is 25.6. The molecule has 1 atom stereocenters. The molecule has 1 aliphatic heterocycles. The van der Waals surface area contributed by atoms with Crippen molar-refractivity contribution in [3.05, 3.63) is 0 Å². The largest absolute Gasteiger partial charge is 0.228 e. The molecule has 0 aliphatic carbocycles. The minimum absolute atomic E-state index is 0.303. The molecule has 0 spiro atoms. The average Bonchev–Trinajstić information content (AvgIpc) is 2.18. The van der Waals surface area contributed by atoms with Gasteiger partial charge in [0.1, 0.15) is 5.21 Å². The molecular weight excluding hydrogens is 242 g/mol. The van der Waals surface area contributed by atoms with Crippen LogP contribution in [0.3, 0.4) is 0 Å². The molecule has 0 aromatic rings. The Morgan fingerprint density at radius 1 is 1.57 bits per heavy atom. The minimum atomic E-state index is -3.20. The number of alkyl halides is 1. The van der Waals surface area contributed by atoms with Gasteiger partial charge >= 0.3 is 0 Å². The summed E-state index contributed by atoms with van der Waals surface area (Å²) in [4.78, 5) is 0. The first-order chi connectivity index (χ1) is 6.47. The maximum Gasteiger partial charge on any atom is 0.228 e. The lowest BCUT2D eigenvalue weighted by Crippen LogP contribution is -2.43. The zero-order valence-electron chi connectivity index (χ0n) is 8.44. The van der Waals surface area contributed by atoms with Crippen molar-refractivity contribution in [3.63, 3.8) is 0 Å². The molecule has 1 unspecified atom stereocenters. The summed E-state index contributed by atoms with van der Waals surface area (Å²) in [6.45, 7) is 5.45. The van der Waals surface area contributed by atoms with E-state index in [4.69, 9.17) is 11.6 Å². The fourth-order valence-corrected chi connectivity index (χ4v) is 4.19. The van der Waals surface area contributed by atoms with Crippen LogP contribution in [0.25, 0.3) is 0 Å².